The quantitative estimate of drug-likeness (QED) is 0.639. The summed E-state index contributed by atoms with van der Waals surface area (Å²) in [4.78, 5) is 23.8. The average molecular weight is 352 g/mol. The van der Waals surface area contributed by atoms with E-state index in [-0.39, 0.29) is 17.0 Å². The first-order valence-electron chi connectivity index (χ1n) is 7.36. The smallest absolute Gasteiger partial charge is 0.257 e. The van der Waals surface area contributed by atoms with Gasteiger partial charge in [-0.25, -0.2) is 4.98 Å². The summed E-state index contributed by atoms with van der Waals surface area (Å²) in [5.74, 6) is -0.288. The molecule has 0 aliphatic carbocycles. The van der Waals surface area contributed by atoms with Gasteiger partial charge in [-0.2, -0.15) is 5.26 Å². The van der Waals surface area contributed by atoms with E-state index in [1.807, 2.05) is 0 Å². The molecule has 0 saturated heterocycles. The Hall–Kier alpha value is -3.38. The summed E-state index contributed by atoms with van der Waals surface area (Å²) in [5.41, 5.74) is 7.32. The second kappa shape index (κ2) is 5.61. The van der Waals surface area contributed by atoms with Gasteiger partial charge in [0.05, 0.1) is 11.5 Å². The van der Waals surface area contributed by atoms with E-state index >= 15 is 0 Å². The third-order valence-electron chi connectivity index (χ3n) is 3.98. The third-order valence-corrected chi connectivity index (χ3v) is 5.05. The van der Waals surface area contributed by atoms with Crippen LogP contribution in [0.2, 0.25) is 0 Å². The minimum atomic E-state index is -0.620. The summed E-state index contributed by atoms with van der Waals surface area (Å²) in [7, 11) is 1.74. The Kier molecular flexibility index (Phi) is 3.40. The summed E-state index contributed by atoms with van der Waals surface area (Å²) in [6, 6.07) is 5.57. The number of nitrogens with two attached hydrogens (primary N) is 1. The number of fused-ring (bicyclic) bond motifs is 3. The van der Waals surface area contributed by atoms with E-state index in [0.29, 0.717) is 26.8 Å². The molecule has 0 amide bonds. The van der Waals surface area contributed by atoms with Crippen LogP contribution in [-0.2, 0) is 0 Å². The number of hydrogen-bond acceptors (Lipinski definition) is 8. The van der Waals surface area contributed by atoms with Gasteiger partial charge in [0.2, 0.25) is 5.88 Å². The van der Waals surface area contributed by atoms with Gasteiger partial charge in [-0.1, -0.05) is 11.3 Å². The molecule has 0 aromatic carbocycles. The Bertz CT molecular complexity index is 1110. The fraction of sp³-hybridized carbons (Fsp3) is 0.125. The Morgan fingerprint density at radius 3 is 2.88 bits per heavy atom. The zero-order chi connectivity index (χ0) is 17.6. The molecule has 0 radical (unpaired) electrons. The van der Waals surface area contributed by atoms with E-state index in [1.165, 1.54) is 11.3 Å². The zero-order valence-electron chi connectivity index (χ0n) is 13.0. The molecule has 0 spiro atoms. The van der Waals surface area contributed by atoms with Crippen LogP contribution in [0.15, 0.2) is 40.8 Å². The Morgan fingerprint density at radius 2 is 2.20 bits per heavy atom. The first-order valence-corrected chi connectivity index (χ1v) is 8.17. The Labute approximate surface area is 145 Å². The summed E-state index contributed by atoms with van der Waals surface area (Å²) in [6.45, 7) is 0. The monoisotopic (exact) mass is 352 g/mol. The first-order chi connectivity index (χ1) is 12.1. The Balaban J connectivity index is 2.07. The summed E-state index contributed by atoms with van der Waals surface area (Å²) in [6.07, 6.45) is 3.21. The number of hydrogen-bond donors (Lipinski definition) is 3. The van der Waals surface area contributed by atoms with E-state index in [1.54, 1.807) is 31.6 Å². The highest BCUT2D eigenvalue weighted by Crippen LogP contribution is 2.44. The van der Waals surface area contributed by atoms with E-state index in [4.69, 9.17) is 10.5 Å². The van der Waals surface area contributed by atoms with Crippen molar-refractivity contribution in [1.29, 1.82) is 5.26 Å². The van der Waals surface area contributed by atoms with Crippen LogP contribution >= 0.6 is 11.3 Å². The van der Waals surface area contributed by atoms with Gasteiger partial charge in [0.25, 0.3) is 5.56 Å². The van der Waals surface area contributed by atoms with Gasteiger partial charge in [0, 0.05) is 19.4 Å². The molecular weight excluding hydrogens is 340 g/mol. The molecule has 0 fully saturated rings. The number of aromatic amines is 1. The molecule has 3 aromatic rings. The van der Waals surface area contributed by atoms with Crippen LogP contribution in [0.4, 0.5) is 5.13 Å². The second-order valence-electron chi connectivity index (χ2n) is 5.35. The van der Waals surface area contributed by atoms with Crippen LogP contribution in [0.5, 0.6) is 5.75 Å². The molecule has 3 aromatic heterocycles. The van der Waals surface area contributed by atoms with Gasteiger partial charge in [-0.15, -0.1) is 0 Å². The number of pyridine rings is 2. The highest BCUT2D eigenvalue weighted by Gasteiger charge is 2.35. The summed E-state index contributed by atoms with van der Waals surface area (Å²) >= 11 is 1.34. The SMILES string of the molecule is CNc1nc2[nH]c(=O)c3c(c2s1)OC(N)=C(C#N)C3c1ccncc1. The molecule has 4 rings (SSSR count). The van der Waals surface area contributed by atoms with Gasteiger partial charge in [0.1, 0.15) is 16.3 Å². The van der Waals surface area contributed by atoms with Crippen molar-refractivity contribution in [2.45, 2.75) is 5.92 Å². The minimum Gasteiger partial charge on any atom is -0.438 e. The lowest BCUT2D eigenvalue weighted by Gasteiger charge is -2.25. The normalized spacial score (nSPS) is 16.2. The number of ether oxygens (including phenoxy) is 1. The number of H-pyrrole nitrogens is 1. The van der Waals surface area contributed by atoms with Crippen LogP contribution < -0.4 is 21.3 Å². The molecule has 4 N–H and O–H groups in total. The van der Waals surface area contributed by atoms with E-state index in [0.717, 1.165) is 5.56 Å². The number of nitrogens with zero attached hydrogens (tertiary/aromatic N) is 3. The molecule has 124 valence electrons. The average Bonchev–Trinajstić information content (AvgIpc) is 3.04. The summed E-state index contributed by atoms with van der Waals surface area (Å²) < 4.78 is 6.35. The molecule has 1 aliphatic heterocycles. The first kappa shape index (κ1) is 15.2. The number of aromatic nitrogens is 3. The highest BCUT2D eigenvalue weighted by atomic mass is 32.1. The van der Waals surface area contributed by atoms with Crippen molar-refractivity contribution >= 4 is 26.8 Å². The predicted octanol–water partition coefficient (Wildman–Crippen LogP) is 1.64. The molecule has 25 heavy (non-hydrogen) atoms. The van der Waals surface area contributed by atoms with Gasteiger partial charge < -0.3 is 20.8 Å². The largest absolute Gasteiger partial charge is 0.438 e. The lowest BCUT2D eigenvalue weighted by molar-refractivity contribution is 0.397. The van der Waals surface area contributed by atoms with E-state index in [9.17, 15) is 10.1 Å². The lowest BCUT2D eigenvalue weighted by Crippen LogP contribution is -2.27. The molecule has 4 heterocycles. The number of allylic oxidation sites excluding steroid dienone is 1. The van der Waals surface area contributed by atoms with E-state index in [2.05, 4.69) is 26.3 Å². The number of nitrogens with one attached hydrogen (secondary N) is 2. The van der Waals surface area contributed by atoms with Crippen LogP contribution in [0.25, 0.3) is 10.3 Å². The fourth-order valence-electron chi connectivity index (χ4n) is 2.89. The third kappa shape index (κ3) is 2.23. The zero-order valence-corrected chi connectivity index (χ0v) is 13.8. The number of nitriles is 1. The molecule has 9 heteroatoms. The molecular formula is C16H12N6O2S. The Morgan fingerprint density at radius 1 is 1.44 bits per heavy atom. The van der Waals surface area contributed by atoms with Crippen LogP contribution in [0.1, 0.15) is 17.0 Å². The minimum absolute atomic E-state index is 0.0110. The number of anilines is 1. The molecule has 0 saturated carbocycles. The lowest BCUT2D eigenvalue weighted by atomic mass is 9.85. The van der Waals surface area contributed by atoms with Crippen molar-refractivity contribution in [3.05, 3.63) is 57.5 Å². The van der Waals surface area contributed by atoms with Crippen molar-refractivity contribution in [1.82, 2.24) is 15.0 Å². The molecule has 8 nitrogen and oxygen atoms in total. The maximum absolute atomic E-state index is 12.7. The van der Waals surface area contributed by atoms with Crippen molar-refractivity contribution in [2.75, 3.05) is 12.4 Å². The second-order valence-corrected chi connectivity index (χ2v) is 6.35. The number of thiazole rings is 1. The van der Waals surface area contributed by atoms with Crippen molar-refractivity contribution in [3.63, 3.8) is 0 Å². The van der Waals surface area contributed by atoms with Crippen LogP contribution in [-0.4, -0.2) is 22.0 Å². The predicted molar refractivity (Wildman–Crippen MR) is 93.3 cm³/mol. The maximum Gasteiger partial charge on any atom is 0.257 e. The van der Waals surface area contributed by atoms with Crippen LogP contribution in [0.3, 0.4) is 0 Å². The van der Waals surface area contributed by atoms with Crippen molar-refractivity contribution < 1.29 is 4.74 Å². The van der Waals surface area contributed by atoms with Gasteiger partial charge >= 0.3 is 0 Å². The maximum atomic E-state index is 12.7. The van der Waals surface area contributed by atoms with Gasteiger partial charge in [0.15, 0.2) is 16.5 Å². The molecule has 1 aliphatic rings. The standard InChI is InChI=1S/C16H12N6O2S/c1-19-16-22-14-12(25-16)11-10(15(23)21-14)9(7-2-4-20-5-3-7)8(6-17)13(18)24-11/h2-5,9H,18H2,1H3,(H2,19,21,22,23). The molecule has 1 atom stereocenters. The highest BCUT2D eigenvalue weighted by molar-refractivity contribution is 7.22. The molecule has 0 bridgehead atoms. The topological polar surface area (TPSA) is 130 Å². The fourth-order valence-corrected chi connectivity index (χ4v) is 3.76. The van der Waals surface area contributed by atoms with Gasteiger partial charge in [-0.05, 0) is 17.7 Å². The van der Waals surface area contributed by atoms with Crippen molar-refractivity contribution in [2.24, 2.45) is 5.73 Å². The number of rotatable bonds is 2. The van der Waals surface area contributed by atoms with Crippen molar-refractivity contribution in [3.8, 4) is 11.8 Å². The molecule has 1 unspecified atom stereocenters. The summed E-state index contributed by atoms with van der Waals surface area (Å²) in [5, 5.41) is 13.1. The van der Waals surface area contributed by atoms with Crippen LogP contribution in [0, 0.1) is 11.3 Å². The van der Waals surface area contributed by atoms with E-state index < -0.39 is 5.92 Å². The van der Waals surface area contributed by atoms with Gasteiger partial charge in [-0.3, -0.25) is 9.78 Å².